The molecule has 0 rings (SSSR count). The molecule has 8 heteroatoms. The lowest BCUT2D eigenvalue weighted by atomic mass is 10.5. The van der Waals surface area contributed by atoms with Crippen LogP contribution in [0.1, 0.15) is 6.92 Å². The lowest BCUT2D eigenvalue weighted by Crippen LogP contribution is -2.41. The first-order chi connectivity index (χ1) is 7.47. The zero-order valence-electron chi connectivity index (χ0n) is 8.61. The van der Waals surface area contributed by atoms with Crippen molar-refractivity contribution in [3.05, 3.63) is 0 Å². The second kappa shape index (κ2) is 7.21. The fraction of sp³-hybridized carbons (Fsp3) is 0.500. The van der Waals surface area contributed by atoms with Crippen molar-refractivity contribution in [3.8, 4) is 0 Å². The molecule has 0 unspecified atom stereocenters. The van der Waals surface area contributed by atoms with Gasteiger partial charge in [-0.1, -0.05) is 0 Å². The summed E-state index contributed by atoms with van der Waals surface area (Å²) in [6.45, 7) is 0.984. The fourth-order valence-corrected chi connectivity index (χ4v) is 0.681. The zero-order valence-corrected chi connectivity index (χ0v) is 8.61. The summed E-state index contributed by atoms with van der Waals surface area (Å²) in [6.07, 6.45) is 0. The molecule has 0 aliphatic heterocycles. The van der Waals surface area contributed by atoms with Crippen molar-refractivity contribution in [2.24, 2.45) is 0 Å². The maximum absolute atomic E-state index is 11.0. The van der Waals surface area contributed by atoms with E-state index in [1.165, 1.54) is 0 Å². The van der Waals surface area contributed by atoms with Gasteiger partial charge in [0.25, 0.3) is 0 Å². The average Bonchev–Trinajstić information content (AvgIpc) is 2.23. The molecule has 0 heterocycles. The maximum Gasteiger partial charge on any atom is 0.394 e. The van der Waals surface area contributed by atoms with E-state index >= 15 is 0 Å². The van der Waals surface area contributed by atoms with Crippen molar-refractivity contribution in [3.63, 3.8) is 0 Å². The van der Waals surface area contributed by atoms with Crippen LogP contribution in [0.2, 0.25) is 0 Å². The third-order valence-electron chi connectivity index (χ3n) is 1.34. The zero-order chi connectivity index (χ0) is 12.6. The molecule has 0 saturated carbocycles. The van der Waals surface area contributed by atoms with Crippen molar-refractivity contribution in [2.75, 3.05) is 19.7 Å². The lowest BCUT2D eigenvalue weighted by Gasteiger charge is -2.04. The first-order valence-corrected chi connectivity index (χ1v) is 4.40. The van der Waals surface area contributed by atoms with Crippen LogP contribution in [0.25, 0.3) is 0 Å². The molecule has 0 saturated heterocycles. The van der Waals surface area contributed by atoms with Gasteiger partial charge in [-0.25, -0.2) is 4.79 Å². The van der Waals surface area contributed by atoms with Gasteiger partial charge in [0.15, 0.2) is 0 Å². The third-order valence-corrected chi connectivity index (χ3v) is 1.34. The summed E-state index contributed by atoms with van der Waals surface area (Å²) in [5, 5.41) is 12.1. The summed E-state index contributed by atoms with van der Waals surface area (Å²) >= 11 is 0. The number of aliphatic carboxylic acids is 1. The van der Waals surface area contributed by atoms with Crippen molar-refractivity contribution in [1.82, 2.24) is 10.6 Å². The highest BCUT2D eigenvalue weighted by Gasteiger charge is 2.12. The lowest BCUT2D eigenvalue weighted by molar-refractivity contribution is -0.150. The van der Waals surface area contributed by atoms with Crippen molar-refractivity contribution in [2.45, 2.75) is 6.92 Å². The number of carboxylic acid groups (broad SMARTS) is 1. The number of carboxylic acids is 1. The number of hydrogen-bond donors (Lipinski definition) is 3. The molecule has 0 aromatic carbocycles. The molecule has 0 aliphatic carbocycles. The molecule has 2 amide bonds. The van der Waals surface area contributed by atoms with Gasteiger partial charge in [-0.3, -0.25) is 14.4 Å². The molecular weight excluding hydrogens is 220 g/mol. The number of carbonyl (C=O) groups is 4. The Balaban J connectivity index is 3.71. The summed E-state index contributed by atoms with van der Waals surface area (Å²) in [6, 6.07) is 0. The average molecular weight is 232 g/mol. The van der Waals surface area contributed by atoms with Crippen LogP contribution in [0.4, 0.5) is 0 Å². The van der Waals surface area contributed by atoms with Gasteiger partial charge in [-0.2, -0.15) is 0 Å². The van der Waals surface area contributed by atoms with Gasteiger partial charge in [0.1, 0.15) is 6.54 Å². The molecule has 0 radical (unpaired) electrons. The van der Waals surface area contributed by atoms with Crippen LogP contribution in [-0.2, 0) is 23.9 Å². The quantitative estimate of drug-likeness (QED) is 0.367. The Labute approximate surface area is 90.9 Å². The highest BCUT2D eigenvalue weighted by molar-refractivity contribution is 6.31. The number of esters is 1. The van der Waals surface area contributed by atoms with Crippen LogP contribution in [0.3, 0.4) is 0 Å². The van der Waals surface area contributed by atoms with E-state index in [4.69, 9.17) is 5.11 Å². The number of nitrogens with one attached hydrogen (secondary N) is 2. The van der Waals surface area contributed by atoms with Crippen LogP contribution in [0, 0.1) is 0 Å². The summed E-state index contributed by atoms with van der Waals surface area (Å²) in [5.74, 6) is -4.26. The largest absolute Gasteiger partial charge is 0.474 e. The number of carbonyl (C=O) groups excluding carboxylic acids is 3. The molecule has 8 nitrogen and oxygen atoms in total. The summed E-state index contributed by atoms with van der Waals surface area (Å²) in [4.78, 5) is 42.3. The molecule has 0 atom stereocenters. The van der Waals surface area contributed by atoms with E-state index in [-0.39, 0.29) is 13.2 Å². The first kappa shape index (κ1) is 13.9. The highest BCUT2D eigenvalue weighted by Crippen LogP contribution is 1.75. The first-order valence-electron chi connectivity index (χ1n) is 4.40. The Morgan fingerprint density at radius 1 is 1.12 bits per heavy atom. The molecule has 0 spiro atoms. The van der Waals surface area contributed by atoms with Gasteiger partial charge in [0.2, 0.25) is 5.91 Å². The fourth-order valence-electron chi connectivity index (χ4n) is 0.681. The minimum Gasteiger partial charge on any atom is -0.474 e. The Kier molecular flexibility index (Phi) is 6.25. The summed E-state index contributed by atoms with van der Waals surface area (Å²) < 4.78 is 4.52. The summed E-state index contributed by atoms with van der Waals surface area (Å²) in [5.41, 5.74) is 0. The Morgan fingerprint density at radius 3 is 2.25 bits per heavy atom. The molecular formula is C8H12N2O6. The normalized spacial score (nSPS) is 9.06. The number of amides is 2. The van der Waals surface area contributed by atoms with E-state index in [1.807, 2.05) is 5.32 Å². The SMILES string of the molecule is CCOC(=O)CNC(=O)CNC(=O)C(=O)O. The van der Waals surface area contributed by atoms with Crippen molar-refractivity contribution < 1.29 is 29.0 Å². The predicted octanol–water partition coefficient (Wildman–Crippen LogP) is -2.13. The molecule has 0 fully saturated rings. The predicted molar refractivity (Wildman–Crippen MR) is 50.3 cm³/mol. The van der Waals surface area contributed by atoms with Crippen LogP contribution in [-0.4, -0.2) is 48.6 Å². The molecule has 16 heavy (non-hydrogen) atoms. The molecule has 3 N–H and O–H groups in total. The van der Waals surface area contributed by atoms with E-state index in [1.54, 1.807) is 6.92 Å². The Bertz CT molecular complexity index is 301. The standard InChI is InChI=1S/C8H12N2O6/c1-2-16-6(12)4-9-5(11)3-10-7(13)8(14)15/h2-4H2,1H3,(H,9,11)(H,10,13)(H,14,15). The molecule has 90 valence electrons. The van der Waals surface area contributed by atoms with Crippen molar-refractivity contribution in [1.29, 1.82) is 0 Å². The van der Waals surface area contributed by atoms with Crippen LogP contribution in [0.5, 0.6) is 0 Å². The van der Waals surface area contributed by atoms with Gasteiger partial charge >= 0.3 is 17.8 Å². The topological polar surface area (TPSA) is 122 Å². The van der Waals surface area contributed by atoms with E-state index in [0.717, 1.165) is 0 Å². The highest BCUT2D eigenvalue weighted by atomic mass is 16.5. The molecule has 0 bridgehead atoms. The van der Waals surface area contributed by atoms with E-state index in [9.17, 15) is 19.2 Å². The minimum absolute atomic E-state index is 0.199. The van der Waals surface area contributed by atoms with Crippen LogP contribution >= 0.6 is 0 Å². The van der Waals surface area contributed by atoms with Gasteiger partial charge in [-0.15, -0.1) is 0 Å². The second-order valence-corrected chi connectivity index (χ2v) is 2.57. The van der Waals surface area contributed by atoms with Gasteiger partial charge in [0, 0.05) is 0 Å². The monoisotopic (exact) mass is 232 g/mol. The van der Waals surface area contributed by atoms with Crippen LogP contribution in [0.15, 0.2) is 0 Å². The smallest absolute Gasteiger partial charge is 0.394 e. The third kappa shape index (κ3) is 6.35. The molecule has 0 aromatic heterocycles. The number of hydrogen-bond acceptors (Lipinski definition) is 5. The van der Waals surface area contributed by atoms with E-state index < -0.39 is 30.3 Å². The molecule has 0 aromatic rings. The number of rotatable bonds is 5. The van der Waals surface area contributed by atoms with E-state index in [0.29, 0.717) is 0 Å². The molecule has 0 aliphatic rings. The number of ether oxygens (including phenoxy) is 1. The van der Waals surface area contributed by atoms with Gasteiger partial charge in [0.05, 0.1) is 13.2 Å². The van der Waals surface area contributed by atoms with Gasteiger partial charge < -0.3 is 20.5 Å². The van der Waals surface area contributed by atoms with E-state index in [2.05, 4.69) is 10.1 Å². The Morgan fingerprint density at radius 2 is 1.75 bits per heavy atom. The minimum atomic E-state index is -1.68. The summed E-state index contributed by atoms with van der Waals surface area (Å²) in [7, 11) is 0. The Hall–Kier alpha value is -2.12. The maximum atomic E-state index is 11.0. The van der Waals surface area contributed by atoms with Crippen LogP contribution < -0.4 is 10.6 Å². The second-order valence-electron chi connectivity index (χ2n) is 2.57. The van der Waals surface area contributed by atoms with Crippen molar-refractivity contribution >= 4 is 23.8 Å². The van der Waals surface area contributed by atoms with Gasteiger partial charge in [-0.05, 0) is 6.92 Å².